The molecule has 15 heteroatoms. The van der Waals surface area contributed by atoms with Gasteiger partial charge in [0.25, 0.3) is 0 Å². The number of morpholine rings is 1. The van der Waals surface area contributed by atoms with Gasteiger partial charge in [-0.3, -0.25) is 9.78 Å². The number of aromatic nitrogens is 1. The molecule has 1 fully saturated rings. The molecule has 0 radical (unpaired) electrons. The number of benzene rings is 2. The molecule has 3 N–H and O–H groups in total. The highest BCUT2D eigenvalue weighted by molar-refractivity contribution is 6.30. The third kappa shape index (κ3) is 10.3. The zero-order valence-corrected chi connectivity index (χ0v) is 24.4. The van der Waals surface area contributed by atoms with Crippen LogP contribution in [0.5, 0.6) is 0 Å². The number of halogens is 7. The van der Waals surface area contributed by atoms with Crippen molar-refractivity contribution in [2.75, 3.05) is 31.6 Å². The maximum atomic E-state index is 14.9. The fourth-order valence-electron chi connectivity index (χ4n) is 4.73. The molecular formula is C30H29ClF6N4O4. The van der Waals surface area contributed by atoms with Crippen LogP contribution < -0.4 is 16.0 Å². The predicted molar refractivity (Wildman–Crippen MR) is 152 cm³/mol. The monoisotopic (exact) mass is 658 g/mol. The van der Waals surface area contributed by atoms with Gasteiger partial charge in [0.05, 0.1) is 41.9 Å². The Kier molecular flexibility index (Phi) is 11.6. The first-order chi connectivity index (χ1) is 21.4. The minimum absolute atomic E-state index is 0.0928. The lowest BCUT2D eigenvalue weighted by molar-refractivity contribution is -0.124. The van der Waals surface area contributed by atoms with Crippen molar-refractivity contribution in [1.82, 2.24) is 15.6 Å². The van der Waals surface area contributed by atoms with Crippen LogP contribution in [-0.2, 0) is 20.7 Å². The first-order valence-electron chi connectivity index (χ1n) is 13.8. The lowest BCUT2D eigenvalue weighted by Gasteiger charge is -2.30. The van der Waals surface area contributed by atoms with Gasteiger partial charge < -0.3 is 25.4 Å². The number of carbonyl (C=O) groups is 2. The van der Waals surface area contributed by atoms with Crippen LogP contribution in [0, 0.1) is 17.5 Å². The largest absolute Gasteiger partial charge is 0.448 e. The highest BCUT2D eigenvalue weighted by Gasteiger charge is 2.29. The van der Waals surface area contributed by atoms with Crippen molar-refractivity contribution < 1.29 is 45.4 Å². The minimum atomic E-state index is -4.56. The van der Waals surface area contributed by atoms with E-state index in [0.717, 1.165) is 6.20 Å². The van der Waals surface area contributed by atoms with Crippen LogP contribution in [0.1, 0.15) is 35.4 Å². The highest BCUT2D eigenvalue weighted by Crippen LogP contribution is 2.31. The average Bonchev–Trinajstić information content (AvgIpc) is 2.99. The summed E-state index contributed by atoms with van der Waals surface area (Å²) in [4.78, 5) is 28.5. The standard InChI is InChI=1S/C30H29ClF6N4O4/c31-24-8-3-18(9-25(24)33)23(17-1-4-19(32)5-2-17)10-28(42)41-27-13-38-12-26(34)22(27)7-6-21-11-39-20(14-44-21)15-45-29(43)40-16-30(35,36)37/h1-5,8-9,12-13,20-21,23,39H,6-7,10-11,14-16H2,(H,40,43)(H,41,42)/t20-,21+,23+/m0/s1. The average molecular weight is 659 g/mol. The van der Waals surface area contributed by atoms with E-state index in [1.807, 2.05) is 0 Å². The summed E-state index contributed by atoms with van der Waals surface area (Å²) in [6, 6.07) is 9.13. The van der Waals surface area contributed by atoms with Gasteiger partial charge in [-0.2, -0.15) is 13.2 Å². The van der Waals surface area contributed by atoms with E-state index in [1.165, 1.54) is 42.6 Å². The maximum Gasteiger partial charge on any atom is 0.407 e. The first-order valence-corrected chi connectivity index (χ1v) is 14.2. The van der Waals surface area contributed by atoms with Gasteiger partial charge in [0.15, 0.2) is 0 Å². The number of nitrogens with zero attached hydrogens (tertiary/aromatic N) is 1. The van der Waals surface area contributed by atoms with Gasteiger partial charge in [0.2, 0.25) is 5.91 Å². The molecule has 242 valence electrons. The summed E-state index contributed by atoms with van der Waals surface area (Å²) in [5, 5.41) is 7.27. The summed E-state index contributed by atoms with van der Waals surface area (Å²) < 4.78 is 89.8. The number of alkyl carbamates (subject to hydrolysis) is 1. The smallest absolute Gasteiger partial charge is 0.407 e. The quantitative estimate of drug-likeness (QED) is 0.222. The Hall–Kier alpha value is -3.88. The third-order valence-electron chi connectivity index (χ3n) is 7.02. The fourth-order valence-corrected chi connectivity index (χ4v) is 4.85. The number of nitrogens with one attached hydrogen (secondary N) is 3. The Balaban J connectivity index is 1.34. The molecule has 4 rings (SSSR count). The Labute approximate surface area is 259 Å². The zero-order valence-electron chi connectivity index (χ0n) is 23.6. The van der Waals surface area contributed by atoms with Gasteiger partial charge in [-0.05, 0) is 48.2 Å². The number of hydrogen-bond donors (Lipinski definition) is 3. The fraction of sp³-hybridized carbons (Fsp3) is 0.367. The summed E-state index contributed by atoms with van der Waals surface area (Å²) in [6.07, 6.45) is -3.51. The molecule has 1 saturated heterocycles. The minimum Gasteiger partial charge on any atom is -0.448 e. The van der Waals surface area contributed by atoms with Crippen molar-refractivity contribution >= 4 is 29.3 Å². The summed E-state index contributed by atoms with van der Waals surface area (Å²) in [6.45, 7) is -1.33. The van der Waals surface area contributed by atoms with Gasteiger partial charge in [-0.1, -0.05) is 29.8 Å². The molecule has 0 aliphatic carbocycles. The molecular weight excluding hydrogens is 630 g/mol. The van der Waals surface area contributed by atoms with Crippen molar-refractivity contribution in [3.8, 4) is 0 Å². The zero-order chi connectivity index (χ0) is 32.6. The number of rotatable bonds is 11. The van der Waals surface area contributed by atoms with Crippen LogP contribution >= 0.6 is 11.6 Å². The number of amides is 2. The van der Waals surface area contributed by atoms with E-state index < -0.39 is 54.1 Å². The van der Waals surface area contributed by atoms with E-state index in [2.05, 4.69) is 15.6 Å². The Morgan fingerprint density at radius 1 is 1.07 bits per heavy atom. The highest BCUT2D eigenvalue weighted by atomic mass is 35.5. The van der Waals surface area contributed by atoms with Crippen LogP contribution in [0.25, 0.3) is 0 Å². The number of anilines is 1. The third-order valence-corrected chi connectivity index (χ3v) is 7.33. The van der Waals surface area contributed by atoms with E-state index in [0.29, 0.717) is 24.1 Å². The van der Waals surface area contributed by atoms with E-state index >= 15 is 0 Å². The molecule has 3 aromatic rings. The van der Waals surface area contributed by atoms with E-state index in [9.17, 15) is 35.9 Å². The predicted octanol–water partition coefficient (Wildman–Crippen LogP) is 5.89. The lowest BCUT2D eigenvalue weighted by Crippen LogP contribution is -2.49. The molecule has 0 saturated carbocycles. The molecule has 45 heavy (non-hydrogen) atoms. The Morgan fingerprint density at radius 3 is 2.47 bits per heavy atom. The van der Waals surface area contributed by atoms with Crippen molar-refractivity contribution in [2.45, 2.75) is 43.5 Å². The van der Waals surface area contributed by atoms with Crippen LogP contribution in [0.2, 0.25) is 5.02 Å². The van der Waals surface area contributed by atoms with Crippen LogP contribution in [-0.4, -0.2) is 61.6 Å². The van der Waals surface area contributed by atoms with Gasteiger partial charge in [0.1, 0.15) is 30.6 Å². The summed E-state index contributed by atoms with van der Waals surface area (Å²) >= 11 is 5.83. The SMILES string of the molecule is O=C(C[C@H](c1ccc(F)cc1)c1ccc(Cl)c(F)c1)Nc1cncc(F)c1CC[C@@H]1CN[C@H](COC(=O)NCC(F)(F)F)CO1. The summed E-state index contributed by atoms with van der Waals surface area (Å²) in [5.41, 5.74) is 1.31. The van der Waals surface area contributed by atoms with Crippen LogP contribution in [0.4, 0.5) is 36.8 Å². The molecule has 1 aliphatic heterocycles. The molecule has 2 aromatic carbocycles. The number of hydrogen-bond acceptors (Lipinski definition) is 6. The second-order valence-corrected chi connectivity index (χ2v) is 10.8. The number of carbonyl (C=O) groups excluding carboxylic acids is 2. The lowest BCUT2D eigenvalue weighted by atomic mass is 9.88. The number of alkyl halides is 3. The summed E-state index contributed by atoms with van der Waals surface area (Å²) in [7, 11) is 0. The Morgan fingerprint density at radius 2 is 1.80 bits per heavy atom. The molecule has 3 atom stereocenters. The van der Waals surface area contributed by atoms with Gasteiger partial charge in [-0.15, -0.1) is 0 Å². The second kappa shape index (κ2) is 15.4. The number of ether oxygens (including phenoxy) is 2. The second-order valence-electron chi connectivity index (χ2n) is 10.3. The molecule has 1 aliphatic rings. The van der Waals surface area contributed by atoms with E-state index in [-0.39, 0.29) is 48.4 Å². The van der Waals surface area contributed by atoms with Crippen molar-refractivity contribution in [1.29, 1.82) is 0 Å². The van der Waals surface area contributed by atoms with Crippen molar-refractivity contribution in [3.05, 3.63) is 94.0 Å². The Bertz CT molecular complexity index is 1470. The van der Waals surface area contributed by atoms with Gasteiger partial charge >= 0.3 is 12.3 Å². The van der Waals surface area contributed by atoms with E-state index in [1.54, 1.807) is 11.4 Å². The normalized spacial score (nSPS) is 17.4. The first kappa shape index (κ1) is 34.0. The number of pyridine rings is 1. The maximum absolute atomic E-state index is 14.9. The molecule has 8 nitrogen and oxygen atoms in total. The van der Waals surface area contributed by atoms with Crippen LogP contribution in [0.3, 0.4) is 0 Å². The molecule has 2 amide bonds. The van der Waals surface area contributed by atoms with Gasteiger partial charge in [0, 0.05) is 24.4 Å². The molecule has 0 bridgehead atoms. The van der Waals surface area contributed by atoms with Crippen LogP contribution in [0.15, 0.2) is 54.9 Å². The molecule has 0 unspecified atom stereocenters. The topological polar surface area (TPSA) is 102 Å². The summed E-state index contributed by atoms with van der Waals surface area (Å²) in [5.74, 6) is -3.00. The molecule has 0 spiro atoms. The molecule has 2 heterocycles. The van der Waals surface area contributed by atoms with Crippen molar-refractivity contribution in [2.24, 2.45) is 0 Å². The van der Waals surface area contributed by atoms with Crippen molar-refractivity contribution in [3.63, 3.8) is 0 Å². The molecule has 1 aromatic heterocycles. The van der Waals surface area contributed by atoms with E-state index in [4.69, 9.17) is 21.1 Å². The van der Waals surface area contributed by atoms with Gasteiger partial charge in [-0.25, -0.2) is 18.0 Å².